The van der Waals surface area contributed by atoms with Crippen LogP contribution < -0.4 is 20.1 Å². The van der Waals surface area contributed by atoms with Gasteiger partial charge in [0, 0.05) is 48.0 Å². The second kappa shape index (κ2) is 13.0. The number of carbonyl (C=O) groups excluding carboxylic acids is 2. The van der Waals surface area contributed by atoms with Crippen molar-refractivity contribution < 1.29 is 23.8 Å². The summed E-state index contributed by atoms with van der Waals surface area (Å²) in [7, 11) is 0. The summed E-state index contributed by atoms with van der Waals surface area (Å²) < 4.78 is 17.7. The van der Waals surface area contributed by atoms with Crippen LogP contribution in [-0.4, -0.2) is 52.3 Å². The molecule has 0 saturated carbocycles. The Balaban J connectivity index is 1.20. The highest BCUT2D eigenvalue weighted by atomic mass is 32.1. The average Bonchev–Trinajstić information content (AvgIpc) is 3.49. The summed E-state index contributed by atoms with van der Waals surface area (Å²) in [4.78, 5) is 34.7. The second-order valence-corrected chi connectivity index (χ2v) is 11.9. The Morgan fingerprint density at radius 1 is 1.05 bits per heavy atom. The lowest BCUT2D eigenvalue weighted by Gasteiger charge is -2.33. The quantitative estimate of drug-likeness (QED) is 0.231. The molecule has 222 valence electrons. The van der Waals surface area contributed by atoms with Gasteiger partial charge in [-0.2, -0.15) is 5.26 Å². The molecular formula is C31H32N6O5S. The Bertz CT molecular complexity index is 1620. The molecule has 1 aliphatic heterocycles. The van der Waals surface area contributed by atoms with Crippen molar-refractivity contribution in [1.82, 2.24) is 14.9 Å². The predicted octanol–water partition coefficient (Wildman–Crippen LogP) is 7.03. The Morgan fingerprint density at radius 2 is 1.81 bits per heavy atom. The van der Waals surface area contributed by atoms with E-state index in [1.807, 2.05) is 20.8 Å². The van der Waals surface area contributed by atoms with Gasteiger partial charge in [-0.15, -0.1) is 11.3 Å². The number of urea groups is 1. The largest absolute Gasteiger partial charge is 0.492 e. The Morgan fingerprint density at radius 3 is 2.49 bits per heavy atom. The van der Waals surface area contributed by atoms with Crippen molar-refractivity contribution in [3.8, 4) is 23.3 Å². The Labute approximate surface area is 253 Å². The molecule has 11 nitrogen and oxygen atoms in total. The molecule has 0 aliphatic carbocycles. The van der Waals surface area contributed by atoms with Gasteiger partial charge in [0.25, 0.3) is 0 Å². The molecule has 1 aliphatic rings. The van der Waals surface area contributed by atoms with Crippen LogP contribution in [0.3, 0.4) is 0 Å². The summed E-state index contributed by atoms with van der Waals surface area (Å²) in [5, 5.41) is 18.2. The van der Waals surface area contributed by atoms with Gasteiger partial charge in [-0.05, 0) is 75.9 Å². The molecule has 0 atom stereocenters. The van der Waals surface area contributed by atoms with E-state index < -0.39 is 11.6 Å². The Hall–Kier alpha value is -4.89. The van der Waals surface area contributed by atoms with E-state index in [0.29, 0.717) is 64.2 Å². The number of ether oxygens (including phenoxy) is 3. The van der Waals surface area contributed by atoms with Crippen LogP contribution in [0.15, 0.2) is 60.2 Å². The molecule has 3 amide bonds. The van der Waals surface area contributed by atoms with Crippen LogP contribution in [0.4, 0.5) is 20.4 Å². The molecule has 1 fully saturated rings. The van der Waals surface area contributed by atoms with E-state index >= 15 is 0 Å². The highest BCUT2D eigenvalue weighted by molar-refractivity contribution is 7.13. The number of hydrogen-bond donors (Lipinski definition) is 2. The zero-order chi connectivity index (χ0) is 30.4. The fraction of sp³-hybridized carbons (Fsp3) is 0.323. The van der Waals surface area contributed by atoms with Crippen LogP contribution in [0.2, 0.25) is 0 Å². The summed E-state index contributed by atoms with van der Waals surface area (Å²) >= 11 is 1.33. The number of likely N-dealkylation sites (tertiary alicyclic amines) is 1. The minimum absolute atomic E-state index is 0.249. The lowest BCUT2D eigenvalue weighted by Crippen LogP contribution is -2.42. The van der Waals surface area contributed by atoms with Crippen LogP contribution in [-0.2, 0) is 4.74 Å². The maximum absolute atomic E-state index is 12.4. The predicted molar refractivity (Wildman–Crippen MR) is 164 cm³/mol. The van der Waals surface area contributed by atoms with E-state index in [1.54, 1.807) is 65.1 Å². The summed E-state index contributed by atoms with van der Waals surface area (Å²) in [5.74, 6) is 1.79. The van der Waals surface area contributed by atoms with E-state index in [0.717, 1.165) is 12.8 Å². The molecule has 2 aromatic carbocycles. The van der Waals surface area contributed by atoms with E-state index in [1.165, 1.54) is 11.3 Å². The topological polar surface area (TPSA) is 139 Å². The number of nitriles is 1. The van der Waals surface area contributed by atoms with Gasteiger partial charge >= 0.3 is 12.1 Å². The molecule has 0 bridgehead atoms. The zero-order valence-electron chi connectivity index (χ0n) is 24.1. The highest BCUT2D eigenvalue weighted by Gasteiger charge is 2.27. The molecule has 5 rings (SSSR count). The number of nitrogens with zero attached hydrogens (tertiary/aromatic N) is 4. The number of thiazole rings is 1. The Kier molecular flexibility index (Phi) is 8.92. The lowest BCUT2D eigenvalue weighted by atomic mass is 9.98. The number of nitrogens with one attached hydrogen (secondary N) is 2. The SMILES string of the molecule is CC(C)(C)OC(=O)N1CCC(COc2cc3nccc(Oc4ccc(NC(=O)Nc5nccs5)cc4)c3cc2C#N)CC1. The number of aromatic nitrogens is 2. The van der Waals surface area contributed by atoms with Crippen molar-refractivity contribution in [3.63, 3.8) is 0 Å². The van der Waals surface area contributed by atoms with E-state index in [-0.39, 0.29) is 12.0 Å². The number of pyridine rings is 1. The van der Waals surface area contributed by atoms with E-state index in [4.69, 9.17) is 14.2 Å². The number of benzene rings is 2. The van der Waals surface area contributed by atoms with E-state index in [9.17, 15) is 14.9 Å². The monoisotopic (exact) mass is 600 g/mol. The summed E-state index contributed by atoms with van der Waals surface area (Å²) in [6.45, 7) is 7.21. The normalized spacial score (nSPS) is 13.7. The van der Waals surface area contributed by atoms with Gasteiger partial charge in [0.1, 0.15) is 28.9 Å². The van der Waals surface area contributed by atoms with Gasteiger partial charge in [-0.25, -0.2) is 14.6 Å². The third-order valence-electron chi connectivity index (χ3n) is 6.66. The molecule has 4 aromatic rings. The second-order valence-electron chi connectivity index (χ2n) is 11.1. The first-order chi connectivity index (χ1) is 20.7. The van der Waals surface area contributed by atoms with Crippen LogP contribution in [0.1, 0.15) is 39.2 Å². The van der Waals surface area contributed by atoms with Crippen molar-refractivity contribution >= 4 is 45.2 Å². The standard InChI is InChI=1S/C31H32N6O5S/c1-31(2,3)42-30(39)37-13-9-20(10-14-37)19-40-27-17-25-24(16-21(27)18-32)26(8-11-33-25)41-23-6-4-22(5-7-23)35-28(38)36-29-34-12-15-43-29/h4-8,11-12,15-17,20H,9-10,13-14,19H2,1-3H3,(H2,34,35,36,38). The van der Waals surface area contributed by atoms with Gasteiger partial charge in [0.15, 0.2) is 5.13 Å². The average molecular weight is 601 g/mol. The zero-order valence-corrected chi connectivity index (χ0v) is 24.9. The highest BCUT2D eigenvalue weighted by Crippen LogP contribution is 2.34. The van der Waals surface area contributed by atoms with Crippen molar-refractivity contribution in [2.24, 2.45) is 5.92 Å². The molecule has 0 radical (unpaired) electrons. The molecule has 0 spiro atoms. The van der Waals surface area contributed by atoms with Crippen LogP contribution in [0.25, 0.3) is 10.9 Å². The first-order valence-electron chi connectivity index (χ1n) is 13.9. The molecule has 3 heterocycles. The fourth-order valence-electron chi connectivity index (χ4n) is 4.54. The molecule has 1 saturated heterocycles. The number of rotatable bonds is 7. The molecule has 43 heavy (non-hydrogen) atoms. The van der Waals surface area contributed by atoms with Gasteiger partial charge in [0.2, 0.25) is 0 Å². The number of amides is 3. The lowest BCUT2D eigenvalue weighted by molar-refractivity contribution is 0.0165. The maximum Gasteiger partial charge on any atom is 0.410 e. The van der Waals surface area contributed by atoms with E-state index in [2.05, 4.69) is 26.7 Å². The minimum atomic E-state index is -0.524. The maximum atomic E-state index is 12.4. The smallest absolute Gasteiger partial charge is 0.410 e. The first-order valence-corrected chi connectivity index (χ1v) is 14.7. The van der Waals surface area contributed by atoms with Crippen molar-refractivity contribution in [2.75, 3.05) is 30.3 Å². The summed E-state index contributed by atoms with van der Waals surface area (Å²) in [6, 6.07) is 14.0. The van der Waals surface area contributed by atoms with Gasteiger partial charge < -0.3 is 24.4 Å². The first kappa shape index (κ1) is 29.6. The third kappa shape index (κ3) is 7.90. The van der Waals surface area contributed by atoms with Gasteiger partial charge in [-0.1, -0.05) is 0 Å². The molecule has 2 aromatic heterocycles. The number of hydrogen-bond acceptors (Lipinski definition) is 9. The van der Waals surface area contributed by atoms with Gasteiger partial charge in [-0.3, -0.25) is 10.3 Å². The van der Waals surface area contributed by atoms with Crippen LogP contribution in [0.5, 0.6) is 17.2 Å². The number of anilines is 2. The molecule has 0 unspecified atom stereocenters. The molecule has 12 heteroatoms. The van der Waals surface area contributed by atoms with Crippen LogP contribution in [0, 0.1) is 17.2 Å². The number of carbonyl (C=O) groups is 2. The fourth-order valence-corrected chi connectivity index (χ4v) is 5.06. The molecule has 2 N–H and O–H groups in total. The number of fused-ring (bicyclic) bond motifs is 1. The van der Waals surface area contributed by atoms with Crippen molar-refractivity contribution in [1.29, 1.82) is 5.26 Å². The van der Waals surface area contributed by atoms with Crippen LogP contribution >= 0.6 is 11.3 Å². The number of piperidine rings is 1. The summed E-state index contributed by atoms with van der Waals surface area (Å²) in [5.41, 5.74) is 1.07. The van der Waals surface area contributed by atoms with Crippen molar-refractivity contribution in [2.45, 2.75) is 39.2 Å². The summed E-state index contributed by atoms with van der Waals surface area (Å²) in [6.07, 6.45) is 4.54. The minimum Gasteiger partial charge on any atom is -0.492 e. The van der Waals surface area contributed by atoms with Crippen molar-refractivity contribution in [3.05, 3.63) is 65.8 Å². The third-order valence-corrected chi connectivity index (χ3v) is 7.35. The molecular weight excluding hydrogens is 568 g/mol. The van der Waals surface area contributed by atoms with Gasteiger partial charge in [0.05, 0.1) is 17.7 Å².